The molecule has 0 spiro atoms. The lowest BCUT2D eigenvalue weighted by Crippen LogP contribution is -2.42. The van der Waals surface area contributed by atoms with E-state index in [1.54, 1.807) is 4.90 Å². The Labute approximate surface area is 89.6 Å². The summed E-state index contributed by atoms with van der Waals surface area (Å²) in [4.78, 5) is 24.2. The molecule has 0 aliphatic carbocycles. The summed E-state index contributed by atoms with van der Waals surface area (Å²) in [7, 11) is 1.29. The average Bonchev–Trinajstić information content (AvgIpc) is 2.28. The van der Waals surface area contributed by atoms with Crippen LogP contribution in [-0.4, -0.2) is 43.5 Å². The molecule has 1 rings (SSSR count). The molecular formula is C10H18N2O3. The van der Waals surface area contributed by atoms with Gasteiger partial charge in [0.1, 0.15) is 6.42 Å². The Morgan fingerprint density at radius 2 is 2.27 bits per heavy atom. The monoisotopic (exact) mass is 214 g/mol. The van der Waals surface area contributed by atoms with Crippen molar-refractivity contribution >= 4 is 11.9 Å². The predicted octanol–water partition coefficient (Wildman–Crippen LogP) is -0.253. The van der Waals surface area contributed by atoms with Crippen LogP contribution < -0.4 is 5.73 Å². The van der Waals surface area contributed by atoms with Crippen LogP contribution in [0.4, 0.5) is 0 Å². The second-order valence-corrected chi connectivity index (χ2v) is 3.84. The number of ether oxygens (including phenoxy) is 1. The molecule has 1 saturated heterocycles. The summed E-state index contributed by atoms with van der Waals surface area (Å²) in [5.41, 5.74) is 5.56. The highest BCUT2D eigenvalue weighted by Gasteiger charge is 2.24. The molecule has 0 bridgehead atoms. The van der Waals surface area contributed by atoms with Crippen LogP contribution in [0.5, 0.6) is 0 Å². The minimum atomic E-state index is -0.477. The Balaban J connectivity index is 2.41. The van der Waals surface area contributed by atoms with Crippen LogP contribution in [0, 0.1) is 5.92 Å². The SMILES string of the molecule is COC(=O)CC(=O)N1CCCC(CN)C1. The number of amides is 1. The fraction of sp³-hybridized carbons (Fsp3) is 0.800. The van der Waals surface area contributed by atoms with Gasteiger partial charge in [0.2, 0.25) is 5.91 Å². The van der Waals surface area contributed by atoms with Gasteiger partial charge in [-0.1, -0.05) is 0 Å². The maximum absolute atomic E-state index is 11.6. The molecule has 1 fully saturated rings. The zero-order valence-electron chi connectivity index (χ0n) is 9.07. The number of esters is 1. The standard InChI is InChI=1S/C10H18N2O3/c1-15-10(14)5-9(13)12-4-2-3-8(6-11)7-12/h8H,2-7,11H2,1H3. The number of rotatable bonds is 3. The number of hydrogen-bond acceptors (Lipinski definition) is 4. The van der Waals surface area contributed by atoms with Crippen molar-refractivity contribution in [1.29, 1.82) is 0 Å². The van der Waals surface area contributed by atoms with E-state index in [4.69, 9.17) is 5.73 Å². The first-order valence-corrected chi connectivity index (χ1v) is 5.22. The fourth-order valence-corrected chi connectivity index (χ4v) is 1.79. The van der Waals surface area contributed by atoms with Crippen LogP contribution in [-0.2, 0) is 14.3 Å². The molecule has 86 valence electrons. The second-order valence-electron chi connectivity index (χ2n) is 3.84. The topological polar surface area (TPSA) is 72.6 Å². The van der Waals surface area contributed by atoms with E-state index in [0.29, 0.717) is 19.0 Å². The number of carbonyl (C=O) groups excluding carboxylic acids is 2. The smallest absolute Gasteiger partial charge is 0.315 e. The molecule has 15 heavy (non-hydrogen) atoms. The van der Waals surface area contributed by atoms with E-state index in [9.17, 15) is 9.59 Å². The molecule has 1 aliphatic rings. The second kappa shape index (κ2) is 5.70. The molecule has 0 aromatic heterocycles. The molecule has 0 aromatic carbocycles. The van der Waals surface area contributed by atoms with E-state index < -0.39 is 5.97 Å². The molecular weight excluding hydrogens is 196 g/mol. The molecule has 0 aromatic rings. The number of likely N-dealkylation sites (tertiary alicyclic amines) is 1. The van der Waals surface area contributed by atoms with Gasteiger partial charge in [-0.05, 0) is 25.3 Å². The minimum Gasteiger partial charge on any atom is -0.469 e. The third-order valence-corrected chi connectivity index (χ3v) is 2.73. The molecule has 1 aliphatic heterocycles. The summed E-state index contributed by atoms with van der Waals surface area (Å²) in [6.07, 6.45) is 1.88. The van der Waals surface area contributed by atoms with Gasteiger partial charge in [0.25, 0.3) is 0 Å². The Bertz CT molecular complexity index is 243. The van der Waals surface area contributed by atoms with Crippen molar-refractivity contribution < 1.29 is 14.3 Å². The lowest BCUT2D eigenvalue weighted by molar-refractivity contribution is -0.147. The summed E-state index contributed by atoms with van der Waals surface area (Å²) in [5, 5.41) is 0. The average molecular weight is 214 g/mol. The molecule has 2 N–H and O–H groups in total. The number of nitrogens with two attached hydrogens (primary N) is 1. The van der Waals surface area contributed by atoms with E-state index in [-0.39, 0.29) is 12.3 Å². The largest absolute Gasteiger partial charge is 0.469 e. The van der Waals surface area contributed by atoms with Crippen LogP contribution in [0.15, 0.2) is 0 Å². The Hall–Kier alpha value is -1.10. The molecule has 5 nitrogen and oxygen atoms in total. The van der Waals surface area contributed by atoms with Crippen molar-refractivity contribution in [3.63, 3.8) is 0 Å². The van der Waals surface area contributed by atoms with Gasteiger partial charge in [0.15, 0.2) is 0 Å². The molecule has 1 amide bonds. The van der Waals surface area contributed by atoms with Crippen molar-refractivity contribution in [3.05, 3.63) is 0 Å². The van der Waals surface area contributed by atoms with E-state index in [0.717, 1.165) is 19.4 Å². The molecule has 1 atom stereocenters. The number of piperidine rings is 1. The predicted molar refractivity (Wildman–Crippen MR) is 55.0 cm³/mol. The van der Waals surface area contributed by atoms with Crippen LogP contribution in [0.25, 0.3) is 0 Å². The van der Waals surface area contributed by atoms with Crippen LogP contribution in [0.3, 0.4) is 0 Å². The highest BCUT2D eigenvalue weighted by Crippen LogP contribution is 2.15. The summed E-state index contributed by atoms with van der Waals surface area (Å²) in [5.74, 6) is -0.254. The number of nitrogens with zero attached hydrogens (tertiary/aromatic N) is 1. The minimum absolute atomic E-state index is 0.153. The highest BCUT2D eigenvalue weighted by atomic mass is 16.5. The summed E-state index contributed by atoms with van der Waals surface area (Å²) in [6, 6.07) is 0. The van der Waals surface area contributed by atoms with Crippen molar-refractivity contribution in [2.75, 3.05) is 26.7 Å². The zero-order valence-corrected chi connectivity index (χ0v) is 9.07. The molecule has 0 radical (unpaired) electrons. The van der Waals surface area contributed by atoms with Crippen molar-refractivity contribution in [3.8, 4) is 0 Å². The molecule has 0 saturated carbocycles. The first-order chi connectivity index (χ1) is 7.17. The number of hydrogen-bond donors (Lipinski definition) is 1. The van der Waals surface area contributed by atoms with E-state index in [1.165, 1.54) is 7.11 Å². The lowest BCUT2D eigenvalue weighted by Gasteiger charge is -2.31. The maximum atomic E-state index is 11.6. The van der Waals surface area contributed by atoms with E-state index in [1.807, 2.05) is 0 Å². The first-order valence-electron chi connectivity index (χ1n) is 5.22. The third-order valence-electron chi connectivity index (χ3n) is 2.73. The van der Waals surface area contributed by atoms with Gasteiger partial charge in [0.05, 0.1) is 7.11 Å². The number of carbonyl (C=O) groups is 2. The summed E-state index contributed by atoms with van der Waals surface area (Å²) in [6.45, 7) is 2.00. The Kier molecular flexibility index (Phi) is 4.55. The van der Waals surface area contributed by atoms with E-state index in [2.05, 4.69) is 4.74 Å². The van der Waals surface area contributed by atoms with Gasteiger partial charge in [-0.25, -0.2) is 0 Å². The summed E-state index contributed by atoms with van der Waals surface area (Å²) < 4.78 is 4.45. The summed E-state index contributed by atoms with van der Waals surface area (Å²) >= 11 is 0. The van der Waals surface area contributed by atoms with Crippen molar-refractivity contribution in [2.45, 2.75) is 19.3 Å². The zero-order chi connectivity index (χ0) is 11.3. The Morgan fingerprint density at radius 3 is 2.87 bits per heavy atom. The van der Waals surface area contributed by atoms with Crippen LogP contribution >= 0.6 is 0 Å². The van der Waals surface area contributed by atoms with Crippen molar-refractivity contribution in [2.24, 2.45) is 11.7 Å². The van der Waals surface area contributed by atoms with Gasteiger partial charge < -0.3 is 15.4 Å². The van der Waals surface area contributed by atoms with Crippen LogP contribution in [0.1, 0.15) is 19.3 Å². The Morgan fingerprint density at radius 1 is 1.53 bits per heavy atom. The normalized spacial score (nSPS) is 21.2. The number of methoxy groups -OCH3 is 1. The maximum Gasteiger partial charge on any atom is 0.315 e. The molecule has 5 heteroatoms. The van der Waals surface area contributed by atoms with Gasteiger partial charge in [0, 0.05) is 13.1 Å². The van der Waals surface area contributed by atoms with Crippen LogP contribution in [0.2, 0.25) is 0 Å². The van der Waals surface area contributed by atoms with Gasteiger partial charge in [-0.3, -0.25) is 9.59 Å². The van der Waals surface area contributed by atoms with Gasteiger partial charge in [-0.15, -0.1) is 0 Å². The fourth-order valence-electron chi connectivity index (χ4n) is 1.79. The quantitative estimate of drug-likeness (QED) is 0.519. The first kappa shape index (κ1) is 12.0. The third kappa shape index (κ3) is 3.51. The van der Waals surface area contributed by atoms with E-state index >= 15 is 0 Å². The lowest BCUT2D eigenvalue weighted by atomic mass is 9.98. The van der Waals surface area contributed by atoms with Gasteiger partial charge in [-0.2, -0.15) is 0 Å². The molecule has 1 unspecified atom stereocenters. The van der Waals surface area contributed by atoms with Crippen molar-refractivity contribution in [1.82, 2.24) is 4.90 Å². The van der Waals surface area contributed by atoms with Gasteiger partial charge >= 0.3 is 5.97 Å². The molecule has 1 heterocycles. The highest BCUT2D eigenvalue weighted by molar-refractivity contribution is 5.94.